The van der Waals surface area contributed by atoms with Gasteiger partial charge in [-0.15, -0.1) is 0 Å². The van der Waals surface area contributed by atoms with E-state index >= 15 is 0 Å². The first-order valence-corrected chi connectivity index (χ1v) is 7.36. The third kappa shape index (κ3) is 1.92. The van der Waals surface area contributed by atoms with E-state index < -0.39 is 0 Å². The zero-order valence-electron chi connectivity index (χ0n) is 11.6. The Labute approximate surface area is 123 Å². The van der Waals surface area contributed by atoms with E-state index in [0.29, 0.717) is 12.2 Å². The van der Waals surface area contributed by atoms with E-state index in [-0.39, 0.29) is 17.6 Å². The molecule has 0 bridgehead atoms. The molecule has 2 unspecified atom stereocenters. The Bertz CT molecular complexity index is 720. The maximum absolute atomic E-state index is 12.3. The molecule has 3 nitrogen and oxygen atoms in total. The topological polar surface area (TPSA) is 46.5 Å². The molecule has 2 aromatic carbocycles. The molecule has 2 aromatic rings. The predicted molar refractivity (Wildman–Crippen MR) is 78.8 cm³/mol. The molecule has 0 radical (unpaired) electrons. The van der Waals surface area contributed by atoms with Gasteiger partial charge in [0.1, 0.15) is 23.0 Å². The molecule has 1 fully saturated rings. The Balaban J connectivity index is 1.91. The number of carbonyl (C=O) groups is 1. The van der Waals surface area contributed by atoms with Crippen molar-refractivity contribution < 1.29 is 14.6 Å². The average Bonchev–Trinajstić information content (AvgIpc) is 2.91. The zero-order valence-corrected chi connectivity index (χ0v) is 11.6. The number of ether oxygens (including phenoxy) is 1. The fraction of sp³-hybridized carbons (Fsp3) is 0.278. The summed E-state index contributed by atoms with van der Waals surface area (Å²) in [4.78, 5) is 12.3. The summed E-state index contributed by atoms with van der Waals surface area (Å²) in [5, 5.41) is 9.82. The number of aromatic hydroxyl groups is 1. The highest BCUT2D eigenvalue weighted by Crippen LogP contribution is 2.50. The van der Waals surface area contributed by atoms with Crippen LogP contribution in [0.5, 0.6) is 17.2 Å². The number of para-hydroxylation sites is 1. The molecular weight excluding hydrogens is 264 g/mol. The first-order chi connectivity index (χ1) is 10.2. The minimum atomic E-state index is -0.00736. The maximum atomic E-state index is 12.3. The highest BCUT2D eigenvalue weighted by Gasteiger charge is 2.39. The van der Waals surface area contributed by atoms with Gasteiger partial charge in [-0.05, 0) is 37.1 Å². The summed E-state index contributed by atoms with van der Waals surface area (Å²) in [5.41, 5.74) is 1.98. The quantitative estimate of drug-likeness (QED) is 0.858. The summed E-state index contributed by atoms with van der Waals surface area (Å²) in [7, 11) is 0. The molecule has 1 N–H and O–H groups in total. The second-order valence-corrected chi connectivity index (χ2v) is 5.80. The summed E-state index contributed by atoms with van der Waals surface area (Å²) in [6, 6.07) is 13.0. The number of benzene rings is 2. The van der Waals surface area contributed by atoms with E-state index in [4.69, 9.17) is 4.74 Å². The van der Waals surface area contributed by atoms with E-state index in [1.54, 1.807) is 18.2 Å². The van der Waals surface area contributed by atoms with Crippen molar-refractivity contribution in [2.24, 2.45) is 5.92 Å². The van der Waals surface area contributed by atoms with E-state index in [2.05, 4.69) is 0 Å². The molecule has 0 amide bonds. The van der Waals surface area contributed by atoms with Crippen LogP contribution in [0.2, 0.25) is 0 Å². The van der Waals surface area contributed by atoms with Gasteiger partial charge in [0.05, 0.1) is 0 Å². The van der Waals surface area contributed by atoms with E-state index in [1.807, 2.05) is 24.3 Å². The van der Waals surface area contributed by atoms with Crippen molar-refractivity contribution >= 4 is 5.78 Å². The summed E-state index contributed by atoms with van der Waals surface area (Å²) >= 11 is 0. The van der Waals surface area contributed by atoms with Gasteiger partial charge in [0.2, 0.25) is 0 Å². The van der Waals surface area contributed by atoms with Gasteiger partial charge in [-0.1, -0.05) is 18.2 Å². The van der Waals surface area contributed by atoms with Crippen molar-refractivity contribution in [3.8, 4) is 17.2 Å². The Morgan fingerprint density at radius 2 is 1.86 bits per heavy atom. The lowest BCUT2D eigenvalue weighted by Crippen LogP contribution is -2.21. The summed E-state index contributed by atoms with van der Waals surface area (Å²) in [6.07, 6.45) is 2.53. The first kappa shape index (κ1) is 12.5. The molecular formula is C18H16O3. The van der Waals surface area contributed by atoms with Crippen LogP contribution >= 0.6 is 0 Å². The van der Waals surface area contributed by atoms with Crippen LogP contribution in [0.4, 0.5) is 0 Å². The molecule has 0 spiro atoms. The second-order valence-electron chi connectivity index (χ2n) is 5.80. The van der Waals surface area contributed by atoms with Gasteiger partial charge < -0.3 is 9.84 Å². The molecule has 2 aliphatic rings. The van der Waals surface area contributed by atoms with Crippen LogP contribution in [0.3, 0.4) is 0 Å². The maximum Gasteiger partial charge on any atom is 0.136 e. The number of fused-ring (bicyclic) bond motifs is 2. The molecule has 3 heteroatoms. The zero-order chi connectivity index (χ0) is 14.4. The molecule has 21 heavy (non-hydrogen) atoms. The van der Waals surface area contributed by atoms with Crippen LogP contribution in [0.15, 0.2) is 42.5 Å². The highest BCUT2D eigenvalue weighted by molar-refractivity contribution is 5.85. The summed E-state index contributed by atoms with van der Waals surface area (Å²) < 4.78 is 5.94. The Morgan fingerprint density at radius 1 is 1.05 bits per heavy atom. The lowest BCUT2D eigenvalue weighted by molar-refractivity contribution is -0.121. The number of hydrogen-bond donors (Lipinski definition) is 1. The van der Waals surface area contributed by atoms with Crippen LogP contribution in [-0.2, 0) is 4.79 Å². The van der Waals surface area contributed by atoms with Crippen molar-refractivity contribution in [3.63, 3.8) is 0 Å². The van der Waals surface area contributed by atoms with E-state index in [9.17, 15) is 9.90 Å². The number of hydrogen-bond acceptors (Lipinski definition) is 3. The lowest BCUT2D eigenvalue weighted by atomic mass is 9.77. The molecule has 1 aliphatic carbocycles. The molecule has 4 rings (SSSR count). The lowest BCUT2D eigenvalue weighted by Gasteiger charge is -2.31. The third-order valence-corrected chi connectivity index (χ3v) is 4.56. The van der Waals surface area contributed by atoms with Gasteiger partial charge >= 0.3 is 0 Å². The molecule has 106 valence electrons. The monoisotopic (exact) mass is 280 g/mol. The van der Waals surface area contributed by atoms with Gasteiger partial charge in [-0.2, -0.15) is 0 Å². The van der Waals surface area contributed by atoms with E-state index in [0.717, 1.165) is 35.5 Å². The standard InChI is InChI=1S/C18H16O3/c19-11-8-9-17-14(10-11)18(12-5-3-6-15(12)20)13-4-1-2-7-16(13)21-17/h1-2,4,7-10,12,18-19H,3,5-6H2. The Kier molecular flexibility index (Phi) is 2.74. The molecule has 0 saturated heterocycles. The van der Waals surface area contributed by atoms with Crippen LogP contribution in [-0.4, -0.2) is 10.9 Å². The molecule has 1 heterocycles. The van der Waals surface area contributed by atoms with Gasteiger partial charge in [-0.25, -0.2) is 0 Å². The average molecular weight is 280 g/mol. The Morgan fingerprint density at radius 3 is 2.67 bits per heavy atom. The number of phenolic OH excluding ortho intramolecular Hbond substituents is 1. The van der Waals surface area contributed by atoms with Gasteiger partial charge in [0, 0.05) is 29.4 Å². The first-order valence-electron chi connectivity index (χ1n) is 7.36. The third-order valence-electron chi connectivity index (χ3n) is 4.56. The smallest absolute Gasteiger partial charge is 0.136 e. The number of ketones is 1. The summed E-state index contributed by atoms with van der Waals surface area (Å²) in [5.74, 6) is 2.09. The molecule has 0 aromatic heterocycles. The van der Waals surface area contributed by atoms with Crippen LogP contribution < -0.4 is 4.74 Å². The van der Waals surface area contributed by atoms with Crippen molar-refractivity contribution in [2.45, 2.75) is 25.2 Å². The minimum Gasteiger partial charge on any atom is -0.508 e. The van der Waals surface area contributed by atoms with Crippen molar-refractivity contribution in [1.82, 2.24) is 0 Å². The van der Waals surface area contributed by atoms with Crippen molar-refractivity contribution in [2.75, 3.05) is 0 Å². The van der Waals surface area contributed by atoms with Gasteiger partial charge in [0.15, 0.2) is 0 Å². The highest BCUT2D eigenvalue weighted by atomic mass is 16.5. The minimum absolute atomic E-state index is 0.00407. The fourth-order valence-corrected chi connectivity index (χ4v) is 3.62. The normalized spacial score (nSPS) is 23.3. The van der Waals surface area contributed by atoms with Crippen molar-refractivity contribution in [3.05, 3.63) is 53.6 Å². The van der Waals surface area contributed by atoms with Gasteiger partial charge in [0.25, 0.3) is 0 Å². The SMILES string of the molecule is O=C1CCCC1C1c2ccccc2Oc2ccc(O)cc21. The van der Waals surface area contributed by atoms with Crippen LogP contribution in [0.25, 0.3) is 0 Å². The van der Waals surface area contributed by atoms with Crippen LogP contribution in [0.1, 0.15) is 36.3 Å². The number of Topliss-reactive ketones (excluding diaryl/α,β-unsaturated/α-hetero) is 1. The number of carbonyl (C=O) groups excluding carboxylic acids is 1. The van der Waals surface area contributed by atoms with Crippen molar-refractivity contribution in [1.29, 1.82) is 0 Å². The number of phenols is 1. The molecule has 2 atom stereocenters. The van der Waals surface area contributed by atoms with Crippen LogP contribution in [0, 0.1) is 5.92 Å². The van der Waals surface area contributed by atoms with E-state index in [1.165, 1.54) is 0 Å². The molecule has 1 aliphatic heterocycles. The largest absolute Gasteiger partial charge is 0.508 e. The second kappa shape index (κ2) is 4.62. The summed E-state index contributed by atoms with van der Waals surface area (Å²) in [6.45, 7) is 0. The predicted octanol–water partition coefficient (Wildman–Crippen LogP) is 4.00. The molecule has 1 saturated carbocycles. The number of rotatable bonds is 1. The van der Waals surface area contributed by atoms with Gasteiger partial charge in [-0.3, -0.25) is 4.79 Å². The Hall–Kier alpha value is -2.29. The fourth-order valence-electron chi connectivity index (χ4n) is 3.62.